The zero-order valence-electron chi connectivity index (χ0n) is 11.2. The van der Waals surface area contributed by atoms with Crippen molar-refractivity contribution in [1.82, 2.24) is 0 Å². The maximum Gasteiger partial charge on any atom is 0.140 e. The van der Waals surface area contributed by atoms with Gasteiger partial charge in [0, 0.05) is 12.3 Å². The van der Waals surface area contributed by atoms with Gasteiger partial charge in [-0.15, -0.1) is 0 Å². The molecule has 0 spiro atoms. The van der Waals surface area contributed by atoms with Crippen molar-refractivity contribution in [1.29, 1.82) is 0 Å². The Morgan fingerprint density at radius 2 is 1.58 bits per heavy atom. The molecule has 1 fully saturated rings. The predicted molar refractivity (Wildman–Crippen MR) is 77.3 cm³/mol. The first kappa shape index (κ1) is 12.2. The predicted octanol–water partition coefficient (Wildman–Crippen LogP) is 4.23. The number of carbonyl (C=O) groups excluding carboxylic acids is 1. The molecular weight excluding hydrogens is 232 g/mol. The van der Waals surface area contributed by atoms with E-state index in [0.717, 1.165) is 12.0 Å². The maximum atomic E-state index is 12.2. The maximum absolute atomic E-state index is 12.2. The van der Waals surface area contributed by atoms with Gasteiger partial charge in [-0.1, -0.05) is 60.2 Å². The van der Waals surface area contributed by atoms with Crippen LogP contribution in [-0.2, 0) is 4.79 Å². The van der Waals surface area contributed by atoms with Crippen molar-refractivity contribution in [3.8, 4) is 0 Å². The Hall–Kier alpha value is -1.89. The number of hydrogen-bond donors (Lipinski definition) is 0. The lowest BCUT2D eigenvalue weighted by Crippen LogP contribution is -2.11. The molecule has 1 heteroatoms. The summed E-state index contributed by atoms with van der Waals surface area (Å²) in [6.07, 6.45) is 1.68. The lowest BCUT2D eigenvalue weighted by atomic mass is 9.83. The number of hydrogen-bond acceptors (Lipinski definition) is 1. The molecule has 1 aliphatic rings. The summed E-state index contributed by atoms with van der Waals surface area (Å²) in [5.41, 5.74) is 3.73. The van der Waals surface area contributed by atoms with E-state index in [4.69, 9.17) is 0 Å². The number of benzene rings is 2. The van der Waals surface area contributed by atoms with Crippen LogP contribution in [0.15, 0.2) is 54.6 Å². The topological polar surface area (TPSA) is 17.1 Å². The third kappa shape index (κ3) is 2.33. The lowest BCUT2D eigenvalue weighted by molar-refractivity contribution is -0.118. The van der Waals surface area contributed by atoms with Crippen LogP contribution in [0.2, 0.25) is 0 Å². The summed E-state index contributed by atoms with van der Waals surface area (Å²) in [5, 5.41) is 0. The highest BCUT2D eigenvalue weighted by molar-refractivity contribution is 5.89. The summed E-state index contributed by atoms with van der Waals surface area (Å²) in [6, 6.07) is 18.8. The van der Waals surface area contributed by atoms with E-state index >= 15 is 0 Å². The third-order valence-corrected chi connectivity index (χ3v) is 4.12. The van der Waals surface area contributed by atoms with E-state index in [1.54, 1.807) is 0 Å². The molecule has 2 aromatic rings. The Labute approximate surface area is 114 Å². The SMILES string of the molecule is Cc1ccc(C2CCC(=O)C2c2ccccc2)cc1. The average molecular weight is 250 g/mol. The van der Waals surface area contributed by atoms with E-state index in [1.165, 1.54) is 11.1 Å². The van der Waals surface area contributed by atoms with Crippen LogP contribution in [0, 0.1) is 6.92 Å². The zero-order chi connectivity index (χ0) is 13.2. The van der Waals surface area contributed by atoms with E-state index in [9.17, 15) is 4.79 Å². The molecule has 0 aromatic heterocycles. The van der Waals surface area contributed by atoms with Gasteiger partial charge < -0.3 is 0 Å². The molecule has 0 amide bonds. The van der Waals surface area contributed by atoms with E-state index in [2.05, 4.69) is 43.3 Å². The smallest absolute Gasteiger partial charge is 0.140 e. The number of aryl methyl sites for hydroxylation is 1. The van der Waals surface area contributed by atoms with Gasteiger partial charge in [0.2, 0.25) is 0 Å². The molecular formula is C18H18O. The van der Waals surface area contributed by atoms with Crippen LogP contribution in [-0.4, -0.2) is 5.78 Å². The largest absolute Gasteiger partial charge is 0.299 e. The second-order valence-electron chi connectivity index (χ2n) is 5.41. The van der Waals surface area contributed by atoms with Gasteiger partial charge in [0.25, 0.3) is 0 Å². The third-order valence-electron chi connectivity index (χ3n) is 4.12. The Kier molecular flexibility index (Phi) is 3.20. The van der Waals surface area contributed by atoms with E-state index in [0.29, 0.717) is 18.1 Å². The van der Waals surface area contributed by atoms with Crippen molar-refractivity contribution >= 4 is 5.78 Å². The van der Waals surface area contributed by atoms with E-state index in [-0.39, 0.29) is 5.92 Å². The molecule has 0 bridgehead atoms. The summed E-state index contributed by atoms with van der Waals surface area (Å²) >= 11 is 0. The molecule has 0 saturated heterocycles. The van der Waals surface area contributed by atoms with Crippen molar-refractivity contribution in [2.75, 3.05) is 0 Å². The molecule has 3 rings (SSSR count). The fourth-order valence-electron chi connectivity index (χ4n) is 3.10. The quantitative estimate of drug-likeness (QED) is 0.779. The van der Waals surface area contributed by atoms with Crippen LogP contribution in [0.25, 0.3) is 0 Å². The number of carbonyl (C=O) groups is 1. The molecule has 0 aliphatic heterocycles. The van der Waals surface area contributed by atoms with Gasteiger partial charge in [-0.25, -0.2) is 0 Å². The zero-order valence-corrected chi connectivity index (χ0v) is 11.2. The van der Waals surface area contributed by atoms with Crippen LogP contribution in [0.1, 0.15) is 41.4 Å². The van der Waals surface area contributed by atoms with Gasteiger partial charge in [0.1, 0.15) is 5.78 Å². The summed E-state index contributed by atoms with van der Waals surface area (Å²) in [4.78, 5) is 12.2. The van der Waals surface area contributed by atoms with Gasteiger partial charge in [-0.2, -0.15) is 0 Å². The summed E-state index contributed by atoms with van der Waals surface area (Å²) in [5.74, 6) is 0.774. The fraction of sp³-hybridized carbons (Fsp3) is 0.278. The number of Topliss-reactive ketones (excluding diaryl/α,β-unsaturated/α-hetero) is 1. The number of rotatable bonds is 2. The highest BCUT2D eigenvalue weighted by Crippen LogP contribution is 2.43. The van der Waals surface area contributed by atoms with Crippen molar-refractivity contribution in [3.05, 3.63) is 71.3 Å². The molecule has 2 aromatic carbocycles. The first-order valence-corrected chi connectivity index (χ1v) is 6.90. The summed E-state index contributed by atoms with van der Waals surface area (Å²) in [6.45, 7) is 2.10. The monoisotopic (exact) mass is 250 g/mol. The van der Waals surface area contributed by atoms with Crippen LogP contribution in [0.4, 0.5) is 0 Å². The van der Waals surface area contributed by atoms with Crippen molar-refractivity contribution in [2.24, 2.45) is 0 Å². The molecule has 0 heterocycles. The summed E-state index contributed by atoms with van der Waals surface area (Å²) < 4.78 is 0. The Morgan fingerprint density at radius 1 is 0.895 bits per heavy atom. The molecule has 19 heavy (non-hydrogen) atoms. The first-order chi connectivity index (χ1) is 9.25. The minimum Gasteiger partial charge on any atom is -0.299 e. The Morgan fingerprint density at radius 3 is 2.26 bits per heavy atom. The fourth-order valence-corrected chi connectivity index (χ4v) is 3.10. The van der Waals surface area contributed by atoms with Gasteiger partial charge in [-0.05, 0) is 30.4 Å². The van der Waals surface area contributed by atoms with Crippen molar-refractivity contribution < 1.29 is 4.79 Å². The molecule has 0 N–H and O–H groups in total. The molecule has 1 saturated carbocycles. The number of ketones is 1. The Balaban J connectivity index is 1.97. The molecule has 2 atom stereocenters. The van der Waals surface area contributed by atoms with Crippen molar-refractivity contribution in [3.63, 3.8) is 0 Å². The second-order valence-corrected chi connectivity index (χ2v) is 5.41. The molecule has 96 valence electrons. The van der Waals surface area contributed by atoms with E-state index in [1.807, 2.05) is 18.2 Å². The minimum atomic E-state index is 0.0453. The average Bonchev–Trinajstić information content (AvgIpc) is 2.82. The van der Waals surface area contributed by atoms with Crippen LogP contribution >= 0.6 is 0 Å². The molecule has 0 radical (unpaired) electrons. The van der Waals surface area contributed by atoms with Crippen LogP contribution in [0.3, 0.4) is 0 Å². The highest BCUT2D eigenvalue weighted by atomic mass is 16.1. The van der Waals surface area contributed by atoms with Crippen LogP contribution < -0.4 is 0 Å². The second kappa shape index (κ2) is 5.00. The minimum absolute atomic E-state index is 0.0453. The normalized spacial score (nSPS) is 22.7. The van der Waals surface area contributed by atoms with E-state index < -0.39 is 0 Å². The molecule has 2 unspecified atom stereocenters. The van der Waals surface area contributed by atoms with Gasteiger partial charge in [-0.3, -0.25) is 4.79 Å². The van der Waals surface area contributed by atoms with Gasteiger partial charge in [0.15, 0.2) is 0 Å². The highest BCUT2D eigenvalue weighted by Gasteiger charge is 2.36. The molecule has 1 nitrogen and oxygen atoms in total. The first-order valence-electron chi connectivity index (χ1n) is 6.90. The van der Waals surface area contributed by atoms with Gasteiger partial charge in [0.05, 0.1) is 0 Å². The van der Waals surface area contributed by atoms with Crippen molar-refractivity contribution in [2.45, 2.75) is 31.6 Å². The van der Waals surface area contributed by atoms with Gasteiger partial charge >= 0.3 is 0 Å². The Bertz CT molecular complexity index is 568. The standard InChI is InChI=1S/C18H18O/c1-13-7-9-14(10-8-13)16-11-12-17(19)18(16)15-5-3-2-4-6-15/h2-10,16,18H,11-12H2,1H3. The lowest BCUT2D eigenvalue weighted by Gasteiger charge is -2.19. The summed E-state index contributed by atoms with van der Waals surface area (Å²) in [7, 11) is 0. The van der Waals surface area contributed by atoms with Crippen LogP contribution in [0.5, 0.6) is 0 Å². The molecule has 1 aliphatic carbocycles.